The first-order valence-electron chi connectivity index (χ1n) is 8.13. The van der Waals surface area contributed by atoms with Crippen molar-refractivity contribution >= 4 is 29.9 Å². The van der Waals surface area contributed by atoms with Crippen molar-refractivity contribution in [3.8, 4) is 0 Å². The molecule has 0 aromatic carbocycles. The van der Waals surface area contributed by atoms with E-state index in [-0.39, 0.29) is 24.0 Å². The molecule has 0 spiro atoms. The normalized spacial score (nSPS) is 21.0. The number of nitrogens with one attached hydrogen (secondary N) is 2. The number of hydrogen-bond acceptors (Lipinski definition) is 3. The van der Waals surface area contributed by atoms with Crippen molar-refractivity contribution in [1.29, 1.82) is 0 Å². The average molecular weight is 409 g/mol. The van der Waals surface area contributed by atoms with Gasteiger partial charge in [0.25, 0.3) is 0 Å². The number of likely N-dealkylation sites (N-methyl/N-ethyl adjacent to an activating group) is 1. The molecule has 2 aliphatic rings. The molecule has 1 heterocycles. The summed E-state index contributed by atoms with van der Waals surface area (Å²) in [5.74, 6) is 1.86. The summed E-state index contributed by atoms with van der Waals surface area (Å²) in [6.45, 7) is 8.25. The summed E-state index contributed by atoms with van der Waals surface area (Å²) >= 11 is 0. The minimum absolute atomic E-state index is 0. The van der Waals surface area contributed by atoms with E-state index in [0.29, 0.717) is 0 Å². The molecule has 1 saturated heterocycles. The summed E-state index contributed by atoms with van der Waals surface area (Å²) < 4.78 is 0. The molecule has 0 bridgehead atoms. The number of aliphatic imine (C=N–C) groups is 1. The summed E-state index contributed by atoms with van der Waals surface area (Å²) in [6.07, 6.45) is 5.26. The quantitative estimate of drug-likeness (QED) is 0.287. The lowest BCUT2D eigenvalue weighted by atomic mass is 10.2. The van der Waals surface area contributed by atoms with Crippen LogP contribution in [0, 0.1) is 5.92 Å². The molecule has 0 unspecified atom stereocenters. The predicted molar refractivity (Wildman–Crippen MR) is 101 cm³/mol. The lowest BCUT2D eigenvalue weighted by Crippen LogP contribution is -2.44. The van der Waals surface area contributed by atoms with Gasteiger partial charge in [0.15, 0.2) is 5.96 Å². The molecule has 2 N–H and O–H groups in total. The van der Waals surface area contributed by atoms with Crippen molar-refractivity contribution in [2.75, 3.05) is 59.9 Å². The van der Waals surface area contributed by atoms with Crippen molar-refractivity contribution in [2.24, 2.45) is 10.9 Å². The summed E-state index contributed by atoms with van der Waals surface area (Å²) in [5, 5.41) is 6.81. The molecule has 0 aromatic heterocycles. The fourth-order valence-corrected chi connectivity index (χ4v) is 2.52. The Labute approximate surface area is 146 Å². The van der Waals surface area contributed by atoms with E-state index < -0.39 is 0 Å². The van der Waals surface area contributed by atoms with E-state index in [1.54, 1.807) is 0 Å². The van der Waals surface area contributed by atoms with Crippen LogP contribution in [0.3, 0.4) is 0 Å². The Morgan fingerprint density at radius 1 is 1.10 bits per heavy atom. The first-order chi connectivity index (χ1) is 9.78. The number of nitrogens with zero attached hydrogens (tertiary/aromatic N) is 3. The van der Waals surface area contributed by atoms with Gasteiger partial charge in [0.05, 0.1) is 0 Å². The number of hydrogen-bond donors (Lipinski definition) is 2. The molecule has 1 aliphatic heterocycles. The zero-order chi connectivity index (χ0) is 14.2. The zero-order valence-electron chi connectivity index (χ0n) is 13.6. The number of unbranched alkanes of at least 4 members (excludes halogenated alkanes) is 1. The fourth-order valence-electron chi connectivity index (χ4n) is 2.52. The Kier molecular flexibility index (Phi) is 9.59. The zero-order valence-corrected chi connectivity index (χ0v) is 15.9. The van der Waals surface area contributed by atoms with Gasteiger partial charge in [0.1, 0.15) is 0 Å². The van der Waals surface area contributed by atoms with Crippen LogP contribution in [0.25, 0.3) is 0 Å². The van der Waals surface area contributed by atoms with Gasteiger partial charge >= 0.3 is 0 Å². The van der Waals surface area contributed by atoms with Crippen LogP contribution < -0.4 is 10.6 Å². The van der Waals surface area contributed by atoms with Crippen molar-refractivity contribution in [3.05, 3.63) is 0 Å². The monoisotopic (exact) mass is 409 g/mol. The van der Waals surface area contributed by atoms with Gasteiger partial charge in [-0.15, -0.1) is 24.0 Å². The lowest BCUT2D eigenvalue weighted by molar-refractivity contribution is 0.152. The Bertz CT molecular complexity index is 298. The van der Waals surface area contributed by atoms with Crippen LogP contribution in [-0.2, 0) is 0 Å². The molecule has 2 fully saturated rings. The first-order valence-corrected chi connectivity index (χ1v) is 8.13. The Morgan fingerprint density at radius 3 is 2.43 bits per heavy atom. The van der Waals surface area contributed by atoms with E-state index in [1.165, 1.54) is 58.4 Å². The molecular formula is C15H32IN5. The second-order valence-corrected chi connectivity index (χ2v) is 6.18. The van der Waals surface area contributed by atoms with E-state index in [9.17, 15) is 0 Å². The number of rotatable bonds is 7. The van der Waals surface area contributed by atoms with E-state index in [0.717, 1.165) is 25.0 Å². The maximum atomic E-state index is 4.26. The van der Waals surface area contributed by atoms with Crippen LogP contribution in [0.2, 0.25) is 0 Å². The lowest BCUT2D eigenvalue weighted by Gasteiger charge is -2.32. The molecule has 21 heavy (non-hydrogen) atoms. The number of guanidine groups is 1. The summed E-state index contributed by atoms with van der Waals surface area (Å²) in [4.78, 5) is 9.26. The average Bonchev–Trinajstić information content (AvgIpc) is 3.28. The molecule has 0 aromatic rings. The van der Waals surface area contributed by atoms with E-state index in [4.69, 9.17) is 0 Å². The highest BCUT2D eigenvalue weighted by Crippen LogP contribution is 2.27. The Hall–Kier alpha value is -0.0800. The van der Waals surface area contributed by atoms with Gasteiger partial charge in [-0.3, -0.25) is 4.99 Å². The summed E-state index contributed by atoms with van der Waals surface area (Å²) in [6, 6.07) is 0. The molecule has 0 radical (unpaired) electrons. The fraction of sp³-hybridized carbons (Fsp3) is 0.933. The third kappa shape index (κ3) is 8.21. The number of halogens is 1. The number of piperazine rings is 1. The van der Waals surface area contributed by atoms with Crippen LogP contribution in [-0.4, -0.2) is 75.7 Å². The van der Waals surface area contributed by atoms with Gasteiger partial charge in [0, 0.05) is 46.3 Å². The maximum Gasteiger partial charge on any atom is 0.190 e. The largest absolute Gasteiger partial charge is 0.356 e. The molecule has 5 nitrogen and oxygen atoms in total. The highest BCUT2D eigenvalue weighted by atomic mass is 127. The maximum absolute atomic E-state index is 4.26. The van der Waals surface area contributed by atoms with E-state index in [2.05, 4.69) is 32.5 Å². The second kappa shape index (κ2) is 10.6. The Balaban J connectivity index is 0.00000220. The van der Waals surface area contributed by atoms with Gasteiger partial charge < -0.3 is 20.4 Å². The topological polar surface area (TPSA) is 42.9 Å². The van der Waals surface area contributed by atoms with Crippen LogP contribution in [0.5, 0.6) is 0 Å². The van der Waals surface area contributed by atoms with E-state index >= 15 is 0 Å². The van der Waals surface area contributed by atoms with Gasteiger partial charge in [-0.1, -0.05) is 0 Å². The molecule has 6 heteroatoms. The molecule has 0 atom stereocenters. The van der Waals surface area contributed by atoms with Crippen molar-refractivity contribution < 1.29 is 0 Å². The summed E-state index contributed by atoms with van der Waals surface area (Å²) in [5.41, 5.74) is 0. The SMILES string of the molecule is CN=C(NCCCCN1CCN(C)CC1)NCC1CC1.I. The second-order valence-electron chi connectivity index (χ2n) is 6.18. The third-order valence-corrected chi connectivity index (χ3v) is 4.27. The van der Waals surface area contributed by atoms with Crippen molar-refractivity contribution in [2.45, 2.75) is 25.7 Å². The minimum Gasteiger partial charge on any atom is -0.356 e. The first kappa shape index (κ1) is 19.0. The Morgan fingerprint density at radius 2 is 1.81 bits per heavy atom. The standard InChI is InChI=1S/C15H31N5.HI/c1-16-15(18-13-14-5-6-14)17-7-3-4-8-20-11-9-19(2)10-12-20;/h14H,3-13H2,1-2H3,(H2,16,17,18);1H. The highest BCUT2D eigenvalue weighted by Gasteiger charge is 2.20. The molecule has 2 rings (SSSR count). The van der Waals surface area contributed by atoms with Gasteiger partial charge in [0.2, 0.25) is 0 Å². The predicted octanol–water partition coefficient (Wildman–Crippen LogP) is 1.21. The molecular weight excluding hydrogens is 377 g/mol. The summed E-state index contributed by atoms with van der Waals surface area (Å²) in [7, 11) is 4.06. The van der Waals surface area contributed by atoms with Crippen LogP contribution in [0.1, 0.15) is 25.7 Å². The van der Waals surface area contributed by atoms with Crippen molar-refractivity contribution in [1.82, 2.24) is 20.4 Å². The minimum atomic E-state index is 0. The molecule has 124 valence electrons. The van der Waals surface area contributed by atoms with E-state index in [1.807, 2.05) is 7.05 Å². The van der Waals surface area contributed by atoms with Gasteiger partial charge in [-0.25, -0.2) is 0 Å². The van der Waals surface area contributed by atoms with Crippen LogP contribution >= 0.6 is 24.0 Å². The molecule has 0 amide bonds. The van der Waals surface area contributed by atoms with Crippen LogP contribution in [0.4, 0.5) is 0 Å². The molecule has 1 aliphatic carbocycles. The van der Waals surface area contributed by atoms with Crippen molar-refractivity contribution in [3.63, 3.8) is 0 Å². The van der Waals surface area contributed by atoms with Gasteiger partial charge in [-0.05, 0) is 45.2 Å². The van der Waals surface area contributed by atoms with Crippen LogP contribution in [0.15, 0.2) is 4.99 Å². The highest BCUT2D eigenvalue weighted by molar-refractivity contribution is 14.0. The smallest absolute Gasteiger partial charge is 0.190 e. The third-order valence-electron chi connectivity index (χ3n) is 4.27. The molecule has 1 saturated carbocycles. The van der Waals surface area contributed by atoms with Gasteiger partial charge in [-0.2, -0.15) is 0 Å².